The van der Waals surface area contributed by atoms with Crippen molar-refractivity contribution in [2.75, 3.05) is 0 Å². The van der Waals surface area contributed by atoms with Crippen LogP contribution in [0.25, 0.3) is 6.08 Å². The second kappa shape index (κ2) is 5.68. The number of carbonyl (C=O) groups excluding carboxylic acids is 1. The van der Waals surface area contributed by atoms with Gasteiger partial charge in [0.25, 0.3) is 0 Å². The number of hydrogen-bond acceptors (Lipinski definition) is 3. The maximum absolute atomic E-state index is 12.1. The molecule has 0 atom stereocenters. The van der Waals surface area contributed by atoms with E-state index in [1.54, 1.807) is 12.2 Å². The fourth-order valence-electron chi connectivity index (χ4n) is 2.32. The molecular formula is C17H15BO3. The topological polar surface area (TPSA) is 46.5 Å². The van der Waals surface area contributed by atoms with Crippen LogP contribution in [0.4, 0.5) is 0 Å². The zero-order valence-electron chi connectivity index (χ0n) is 11.7. The molecule has 2 aromatic carbocycles. The van der Waals surface area contributed by atoms with Crippen LogP contribution in [0.15, 0.2) is 48.5 Å². The molecule has 0 spiro atoms. The Balaban J connectivity index is 1.78. The first-order valence-corrected chi connectivity index (χ1v) is 6.85. The van der Waals surface area contributed by atoms with Gasteiger partial charge in [0, 0.05) is 5.56 Å². The molecule has 0 fully saturated rings. The van der Waals surface area contributed by atoms with E-state index in [9.17, 15) is 9.82 Å². The van der Waals surface area contributed by atoms with Crippen molar-refractivity contribution in [1.82, 2.24) is 0 Å². The Kier molecular flexibility index (Phi) is 3.73. The SMILES string of the molecule is Cc1ccc(C(=O)/C=C/c2ccc3c(c2)B(O)OC3)cc1. The van der Waals surface area contributed by atoms with Crippen LogP contribution in [0.5, 0.6) is 0 Å². The van der Waals surface area contributed by atoms with Gasteiger partial charge in [-0.1, -0.05) is 54.1 Å². The third kappa shape index (κ3) is 2.97. The molecule has 21 heavy (non-hydrogen) atoms. The Hall–Kier alpha value is -2.17. The Labute approximate surface area is 124 Å². The van der Waals surface area contributed by atoms with E-state index in [1.807, 2.05) is 49.4 Å². The van der Waals surface area contributed by atoms with Crippen LogP contribution < -0.4 is 5.46 Å². The van der Waals surface area contributed by atoms with E-state index < -0.39 is 7.12 Å². The van der Waals surface area contributed by atoms with Crippen molar-refractivity contribution in [2.45, 2.75) is 13.5 Å². The van der Waals surface area contributed by atoms with Gasteiger partial charge in [0.1, 0.15) is 0 Å². The summed E-state index contributed by atoms with van der Waals surface area (Å²) in [6.45, 7) is 2.42. The van der Waals surface area contributed by atoms with Crippen LogP contribution in [-0.2, 0) is 11.3 Å². The van der Waals surface area contributed by atoms with E-state index in [2.05, 4.69) is 0 Å². The standard InChI is InChI=1S/C17H15BO3/c1-12-2-6-14(7-3-12)17(19)9-5-13-4-8-15-11-21-18(20)16(15)10-13/h2-10,20H,11H2,1H3/b9-5+. The minimum absolute atomic E-state index is 0.0349. The summed E-state index contributed by atoms with van der Waals surface area (Å²) < 4.78 is 5.15. The molecule has 3 nitrogen and oxygen atoms in total. The second-order valence-corrected chi connectivity index (χ2v) is 5.19. The minimum atomic E-state index is -0.860. The first kappa shape index (κ1) is 13.8. The molecule has 104 valence electrons. The van der Waals surface area contributed by atoms with E-state index >= 15 is 0 Å². The molecule has 0 aromatic heterocycles. The Morgan fingerprint density at radius 3 is 2.76 bits per heavy atom. The van der Waals surface area contributed by atoms with Gasteiger partial charge in [0.05, 0.1) is 6.61 Å². The highest BCUT2D eigenvalue weighted by Crippen LogP contribution is 2.13. The first-order chi connectivity index (χ1) is 10.1. The van der Waals surface area contributed by atoms with Crippen LogP contribution in [-0.4, -0.2) is 17.9 Å². The van der Waals surface area contributed by atoms with Gasteiger partial charge >= 0.3 is 7.12 Å². The Bertz CT molecular complexity index is 704. The van der Waals surface area contributed by atoms with Crippen molar-refractivity contribution >= 4 is 24.4 Å². The zero-order chi connectivity index (χ0) is 14.8. The van der Waals surface area contributed by atoms with Crippen molar-refractivity contribution in [1.29, 1.82) is 0 Å². The maximum atomic E-state index is 12.1. The summed E-state index contributed by atoms with van der Waals surface area (Å²) >= 11 is 0. The summed E-state index contributed by atoms with van der Waals surface area (Å²) in [5.41, 5.74) is 4.44. The third-order valence-electron chi connectivity index (χ3n) is 3.60. The molecule has 1 aliphatic rings. The van der Waals surface area contributed by atoms with Gasteiger partial charge in [-0.25, -0.2) is 0 Å². The van der Waals surface area contributed by atoms with Crippen LogP contribution in [0.1, 0.15) is 27.0 Å². The number of carbonyl (C=O) groups is 1. The lowest BCUT2D eigenvalue weighted by molar-refractivity contribution is 0.104. The summed E-state index contributed by atoms with van der Waals surface area (Å²) in [6.07, 6.45) is 3.31. The summed E-state index contributed by atoms with van der Waals surface area (Å²) in [7, 11) is -0.860. The highest BCUT2D eigenvalue weighted by atomic mass is 16.5. The monoisotopic (exact) mass is 278 g/mol. The molecule has 4 heteroatoms. The van der Waals surface area contributed by atoms with Gasteiger partial charge in [-0.15, -0.1) is 0 Å². The number of benzene rings is 2. The predicted octanol–water partition coefficient (Wildman–Crippen LogP) is 2.11. The zero-order valence-corrected chi connectivity index (χ0v) is 11.7. The highest BCUT2D eigenvalue weighted by molar-refractivity contribution is 6.61. The number of hydrogen-bond donors (Lipinski definition) is 1. The van der Waals surface area contributed by atoms with E-state index in [4.69, 9.17) is 4.65 Å². The molecule has 0 radical (unpaired) electrons. The number of rotatable bonds is 3. The van der Waals surface area contributed by atoms with Crippen LogP contribution in [0.2, 0.25) is 0 Å². The van der Waals surface area contributed by atoms with E-state index in [0.29, 0.717) is 12.2 Å². The van der Waals surface area contributed by atoms with Gasteiger partial charge in [0.2, 0.25) is 0 Å². The van der Waals surface area contributed by atoms with Crippen molar-refractivity contribution in [2.24, 2.45) is 0 Å². The molecule has 0 saturated carbocycles. The van der Waals surface area contributed by atoms with E-state index in [-0.39, 0.29) is 5.78 Å². The highest BCUT2D eigenvalue weighted by Gasteiger charge is 2.26. The maximum Gasteiger partial charge on any atom is 0.491 e. The normalized spacial score (nSPS) is 13.7. The van der Waals surface area contributed by atoms with Gasteiger partial charge in [-0.2, -0.15) is 0 Å². The summed E-state index contributed by atoms with van der Waals surface area (Å²) in [6, 6.07) is 13.2. The average Bonchev–Trinajstić information content (AvgIpc) is 2.87. The summed E-state index contributed by atoms with van der Waals surface area (Å²) in [5.74, 6) is -0.0349. The Morgan fingerprint density at radius 1 is 1.24 bits per heavy atom. The second-order valence-electron chi connectivity index (χ2n) is 5.19. The molecule has 3 rings (SSSR count). The predicted molar refractivity (Wildman–Crippen MR) is 83.4 cm³/mol. The van der Waals surface area contributed by atoms with Crippen molar-refractivity contribution in [3.05, 3.63) is 70.8 Å². The van der Waals surface area contributed by atoms with Gasteiger partial charge < -0.3 is 9.68 Å². The molecule has 0 bridgehead atoms. The van der Waals surface area contributed by atoms with Crippen molar-refractivity contribution in [3.63, 3.8) is 0 Å². The van der Waals surface area contributed by atoms with Crippen LogP contribution >= 0.6 is 0 Å². The molecule has 0 amide bonds. The Morgan fingerprint density at radius 2 is 2.00 bits per heavy atom. The minimum Gasteiger partial charge on any atom is -0.423 e. The molecule has 2 aromatic rings. The van der Waals surface area contributed by atoms with Crippen LogP contribution in [0, 0.1) is 6.92 Å². The molecule has 1 aliphatic heterocycles. The van der Waals surface area contributed by atoms with E-state index in [1.165, 1.54) is 0 Å². The van der Waals surface area contributed by atoms with Crippen molar-refractivity contribution in [3.8, 4) is 0 Å². The molecule has 0 saturated heterocycles. The average molecular weight is 278 g/mol. The fourth-order valence-corrected chi connectivity index (χ4v) is 2.32. The van der Waals surface area contributed by atoms with Gasteiger partial charge in [-0.3, -0.25) is 4.79 Å². The largest absolute Gasteiger partial charge is 0.491 e. The molecular weight excluding hydrogens is 263 g/mol. The number of ketones is 1. The summed E-state index contributed by atoms with van der Waals surface area (Å²) in [5, 5.41) is 9.67. The van der Waals surface area contributed by atoms with E-state index in [0.717, 1.165) is 22.2 Å². The molecule has 1 heterocycles. The third-order valence-corrected chi connectivity index (χ3v) is 3.60. The first-order valence-electron chi connectivity index (χ1n) is 6.85. The lowest BCUT2D eigenvalue weighted by Gasteiger charge is -2.00. The van der Waals surface area contributed by atoms with Gasteiger partial charge in [-0.05, 0) is 29.6 Å². The number of aryl methyl sites for hydroxylation is 1. The van der Waals surface area contributed by atoms with Gasteiger partial charge in [0.15, 0.2) is 5.78 Å². The smallest absolute Gasteiger partial charge is 0.423 e. The molecule has 0 unspecified atom stereocenters. The number of fused-ring (bicyclic) bond motifs is 1. The summed E-state index contributed by atoms with van der Waals surface area (Å²) in [4.78, 5) is 12.1. The fraction of sp³-hybridized carbons (Fsp3) is 0.118. The quantitative estimate of drug-likeness (QED) is 0.531. The molecule has 1 N–H and O–H groups in total. The molecule has 0 aliphatic carbocycles. The van der Waals surface area contributed by atoms with Crippen LogP contribution in [0.3, 0.4) is 0 Å². The number of allylic oxidation sites excluding steroid dienone is 1. The lowest BCUT2D eigenvalue weighted by atomic mass is 9.79. The lowest BCUT2D eigenvalue weighted by Crippen LogP contribution is -2.28. The van der Waals surface area contributed by atoms with Crippen molar-refractivity contribution < 1.29 is 14.5 Å².